The lowest BCUT2D eigenvalue weighted by Crippen LogP contribution is -2.50. The highest BCUT2D eigenvalue weighted by atomic mass is 32.2. The summed E-state index contributed by atoms with van der Waals surface area (Å²) < 4.78 is 75.8. The summed E-state index contributed by atoms with van der Waals surface area (Å²) in [6.45, 7) is -0.394. The molecule has 1 saturated heterocycles. The molecule has 1 amide bonds. The van der Waals surface area contributed by atoms with Crippen molar-refractivity contribution in [1.82, 2.24) is 10.3 Å². The lowest BCUT2D eigenvalue weighted by atomic mass is 9.70. The van der Waals surface area contributed by atoms with E-state index in [1.165, 1.54) is 25.4 Å². The number of anilines is 1. The third kappa shape index (κ3) is 5.02. The van der Waals surface area contributed by atoms with Gasteiger partial charge in [-0.3, -0.25) is 14.1 Å². The maximum Gasteiger partial charge on any atom is 0.418 e. The van der Waals surface area contributed by atoms with Gasteiger partial charge in [-0.25, -0.2) is 8.42 Å². The number of carbonyl (C=O) groups excluding carboxylic acids is 1. The summed E-state index contributed by atoms with van der Waals surface area (Å²) in [5, 5.41) is 2.59. The van der Waals surface area contributed by atoms with Crippen LogP contribution in [-0.2, 0) is 28.2 Å². The highest BCUT2D eigenvalue weighted by Crippen LogP contribution is 2.59. The number of nitrogens with one attached hydrogen (secondary N) is 1. The molecule has 222 valence electrons. The smallest absolute Gasteiger partial charge is 0.418 e. The minimum absolute atomic E-state index is 0.137. The number of alkyl halides is 3. The number of nitrogens with zero attached hydrogens (tertiary/aromatic N) is 2. The number of carbonyl (C=O) groups is 1. The Morgan fingerprint density at radius 1 is 1.12 bits per heavy atom. The summed E-state index contributed by atoms with van der Waals surface area (Å²) in [5.41, 5.74) is 0.00291. The third-order valence-electron chi connectivity index (χ3n) is 8.51. The van der Waals surface area contributed by atoms with Crippen molar-refractivity contribution in [2.45, 2.75) is 54.8 Å². The molecule has 3 aliphatic rings. The fourth-order valence-corrected chi connectivity index (χ4v) is 9.47. The first kappa shape index (κ1) is 28.9. The number of halogens is 3. The van der Waals surface area contributed by atoms with Crippen LogP contribution in [0.4, 0.5) is 18.9 Å². The summed E-state index contributed by atoms with van der Waals surface area (Å²) in [4.78, 5) is 17.2. The first-order chi connectivity index (χ1) is 20.1. The second kappa shape index (κ2) is 10.8. The monoisotopic (exact) mass is 617 g/mol. The van der Waals surface area contributed by atoms with Crippen molar-refractivity contribution < 1.29 is 31.1 Å². The zero-order valence-electron chi connectivity index (χ0n) is 22.9. The van der Waals surface area contributed by atoms with Crippen LogP contribution in [0.25, 0.3) is 0 Å². The number of rotatable bonds is 7. The number of pyridine rings is 1. The number of hydrogen-bond donors (Lipinski definition) is 1. The quantitative estimate of drug-likeness (QED) is 0.361. The van der Waals surface area contributed by atoms with Gasteiger partial charge in [-0.2, -0.15) is 24.9 Å². The van der Waals surface area contributed by atoms with Gasteiger partial charge in [0.05, 0.1) is 41.5 Å². The average molecular weight is 618 g/mol. The summed E-state index contributed by atoms with van der Waals surface area (Å²) in [6, 6.07) is 13.3. The predicted octanol–water partition coefficient (Wildman–Crippen LogP) is 5.79. The molecule has 0 bridgehead atoms. The van der Waals surface area contributed by atoms with Gasteiger partial charge in [-0.05, 0) is 91.1 Å². The summed E-state index contributed by atoms with van der Waals surface area (Å²) in [5.74, 6) is 1.82. The molecule has 3 heterocycles. The maximum atomic E-state index is 14.3. The van der Waals surface area contributed by atoms with Gasteiger partial charge in [0.15, 0.2) is 0 Å². The van der Waals surface area contributed by atoms with Crippen LogP contribution in [0.5, 0.6) is 5.75 Å². The molecule has 1 unspecified atom stereocenters. The van der Waals surface area contributed by atoms with E-state index in [1.807, 2.05) is 11.8 Å². The van der Waals surface area contributed by atoms with E-state index < -0.39 is 39.6 Å². The van der Waals surface area contributed by atoms with Crippen LogP contribution < -0.4 is 14.4 Å². The van der Waals surface area contributed by atoms with E-state index in [9.17, 15) is 26.4 Å². The standard InChI is InChI=1S/C30H30F3N3O4S2/c1-40-21-4-2-5-22(17-21)42(38,39)36-26-10-9-20(28(37)35-18-25-23(30(31,32)33)6-3-13-34-25)16-24(26)29(11-14-41-15-12-29)27(36)19-7-8-19/h2-6,9-10,13,16-17,19,27H,7-8,11-12,14-15,18H2,1H3,(H,35,37). The van der Waals surface area contributed by atoms with Gasteiger partial charge in [0, 0.05) is 23.2 Å². The van der Waals surface area contributed by atoms with Crippen molar-refractivity contribution in [2.75, 3.05) is 22.9 Å². The number of ether oxygens (including phenoxy) is 1. The Labute approximate surface area is 246 Å². The predicted molar refractivity (Wildman–Crippen MR) is 154 cm³/mol. The van der Waals surface area contributed by atoms with Crippen molar-refractivity contribution in [2.24, 2.45) is 5.92 Å². The van der Waals surface area contributed by atoms with Crippen LogP contribution in [0.1, 0.15) is 52.9 Å². The van der Waals surface area contributed by atoms with Gasteiger partial charge in [0.1, 0.15) is 5.75 Å². The largest absolute Gasteiger partial charge is 0.497 e. The van der Waals surface area contributed by atoms with Gasteiger partial charge in [0.2, 0.25) is 0 Å². The second-order valence-corrected chi connectivity index (χ2v) is 14.0. The van der Waals surface area contributed by atoms with Gasteiger partial charge in [-0.1, -0.05) is 6.07 Å². The molecule has 1 aromatic heterocycles. The van der Waals surface area contributed by atoms with E-state index >= 15 is 0 Å². The van der Waals surface area contributed by atoms with Gasteiger partial charge in [0.25, 0.3) is 15.9 Å². The zero-order chi connectivity index (χ0) is 29.7. The van der Waals surface area contributed by atoms with E-state index in [2.05, 4.69) is 10.3 Å². The van der Waals surface area contributed by atoms with E-state index in [0.717, 1.165) is 48.8 Å². The molecular weight excluding hydrogens is 587 g/mol. The number of amides is 1. The first-order valence-electron chi connectivity index (χ1n) is 13.8. The molecule has 7 nitrogen and oxygen atoms in total. The number of methoxy groups -OCH3 is 1. The summed E-state index contributed by atoms with van der Waals surface area (Å²) in [7, 11) is -2.49. The normalized spacial score (nSPS) is 19.9. The molecule has 2 fully saturated rings. The Hall–Kier alpha value is -3.25. The number of hydrogen-bond acceptors (Lipinski definition) is 6. The number of benzene rings is 2. The molecule has 6 rings (SSSR count). The molecule has 2 aliphatic heterocycles. The molecule has 0 radical (unpaired) electrons. The van der Waals surface area contributed by atoms with E-state index in [4.69, 9.17) is 4.74 Å². The van der Waals surface area contributed by atoms with Crippen LogP contribution in [0, 0.1) is 5.92 Å². The molecule has 2 aromatic carbocycles. The van der Waals surface area contributed by atoms with Crippen LogP contribution in [0.15, 0.2) is 65.7 Å². The molecule has 3 aromatic rings. The Bertz CT molecular complexity index is 1620. The Kier molecular flexibility index (Phi) is 7.41. The average Bonchev–Trinajstić information content (AvgIpc) is 3.79. The zero-order valence-corrected chi connectivity index (χ0v) is 24.5. The first-order valence-corrected chi connectivity index (χ1v) is 16.4. The molecule has 1 saturated carbocycles. The van der Waals surface area contributed by atoms with Crippen LogP contribution in [0.3, 0.4) is 0 Å². The van der Waals surface area contributed by atoms with Gasteiger partial charge >= 0.3 is 6.18 Å². The highest BCUT2D eigenvalue weighted by Gasteiger charge is 2.59. The number of aromatic nitrogens is 1. The molecule has 1 N–H and O–H groups in total. The Morgan fingerprint density at radius 2 is 1.88 bits per heavy atom. The highest BCUT2D eigenvalue weighted by molar-refractivity contribution is 7.99. The fourth-order valence-electron chi connectivity index (χ4n) is 6.41. The topological polar surface area (TPSA) is 88.6 Å². The Balaban J connectivity index is 1.39. The van der Waals surface area contributed by atoms with Crippen molar-refractivity contribution >= 4 is 33.4 Å². The molecule has 42 heavy (non-hydrogen) atoms. The van der Waals surface area contributed by atoms with Crippen molar-refractivity contribution in [3.05, 3.63) is 83.2 Å². The minimum Gasteiger partial charge on any atom is -0.497 e. The van der Waals surface area contributed by atoms with Crippen LogP contribution in [-0.4, -0.2) is 44.0 Å². The SMILES string of the molecule is COc1cccc(S(=O)(=O)N2c3ccc(C(=O)NCc4ncccc4C(F)(F)F)cc3C3(CCSCC3)C2C2CC2)c1. The van der Waals surface area contributed by atoms with Crippen molar-refractivity contribution in [3.8, 4) is 5.75 Å². The molecule has 12 heteroatoms. The van der Waals surface area contributed by atoms with Crippen LogP contribution in [0.2, 0.25) is 0 Å². The second-order valence-electron chi connectivity index (χ2n) is 10.9. The molecule has 1 atom stereocenters. The lowest BCUT2D eigenvalue weighted by molar-refractivity contribution is -0.138. The summed E-state index contributed by atoms with van der Waals surface area (Å²) in [6.07, 6.45) is 0.0518. The molecule has 1 aliphatic carbocycles. The van der Waals surface area contributed by atoms with Gasteiger partial charge in [-0.15, -0.1) is 0 Å². The van der Waals surface area contributed by atoms with E-state index in [-0.39, 0.29) is 28.1 Å². The number of sulfonamides is 1. The number of thioether (sulfide) groups is 1. The van der Waals surface area contributed by atoms with Crippen LogP contribution >= 0.6 is 11.8 Å². The Morgan fingerprint density at radius 3 is 2.57 bits per heavy atom. The molecule has 1 spiro atoms. The number of fused-ring (bicyclic) bond motifs is 2. The summed E-state index contributed by atoms with van der Waals surface area (Å²) >= 11 is 1.83. The lowest BCUT2D eigenvalue weighted by Gasteiger charge is -2.41. The minimum atomic E-state index is -4.59. The maximum absolute atomic E-state index is 14.3. The van der Waals surface area contributed by atoms with E-state index in [0.29, 0.717) is 11.4 Å². The van der Waals surface area contributed by atoms with Crippen molar-refractivity contribution in [1.29, 1.82) is 0 Å². The fraction of sp³-hybridized carbons (Fsp3) is 0.400. The van der Waals surface area contributed by atoms with Gasteiger partial charge < -0.3 is 10.1 Å². The third-order valence-corrected chi connectivity index (χ3v) is 11.3. The van der Waals surface area contributed by atoms with E-state index in [1.54, 1.807) is 40.7 Å². The van der Waals surface area contributed by atoms with Crippen molar-refractivity contribution in [3.63, 3.8) is 0 Å². The molecular formula is C30H30F3N3O4S2.